The summed E-state index contributed by atoms with van der Waals surface area (Å²) in [5.74, 6) is -0.271. The van der Waals surface area contributed by atoms with Gasteiger partial charge in [-0.05, 0) is 121 Å². The van der Waals surface area contributed by atoms with Gasteiger partial charge in [-0.25, -0.2) is 4.99 Å². The van der Waals surface area contributed by atoms with E-state index in [-0.39, 0.29) is 58.6 Å². The van der Waals surface area contributed by atoms with Gasteiger partial charge < -0.3 is 20.3 Å². The van der Waals surface area contributed by atoms with Crippen LogP contribution in [0, 0.1) is 22.7 Å². The zero-order valence-electron chi connectivity index (χ0n) is 45.0. The Morgan fingerprint density at radius 1 is 0.592 bits per heavy atom. The molecule has 76 heavy (non-hydrogen) atoms. The highest BCUT2D eigenvalue weighted by Crippen LogP contribution is 2.43. The average molecular weight is 1020 g/mol. The molecule has 0 aliphatic carbocycles. The molecule has 3 aliphatic rings. The lowest BCUT2D eigenvalue weighted by molar-refractivity contribution is -0.125. The van der Waals surface area contributed by atoms with Crippen LogP contribution in [0.15, 0.2) is 175 Å². The van der Waals surface area contributed by atoms with Crippen LogP contribution in [-0.4, -0.2) is 61.7 Å². The normalized spacial score (nSPS) is 16.3. The van der Waals surface area contributed by atoms with Crippen molar-refractivity contribution in [2.24, 2.45) is 27.7 Å². The van der Waals surface area contributed by atoms with Crippen molar-refractivity contribution in [3.63, 3.8) is 0 Å². The van der Waals surface area contributed by atoms with Crippen LogP contribution < -0.4 is 25.3 Å². The fraction of sp³-hybridized carbons (Fsp3) is 0.344. The Balaban J connectivity index is 0.000000190. The zero-order chi connectivity index (χ0) is 54.1. The Hall–Kier alpha value is -7.86. The zero-order valence-corrected chi connectivity index (χ0v) is 45.0. The number of nitrogens with zero attached hydrogens (tertiary/aromatic N) is 4. The first kappa shape index (κ1) is 55.9. The molecule has 2 atom stereocenters. The molecule has 2 saturated heterocycles. The van der Waals surface area contributed by atoms with Gasteiger partial charge in [0.1, 0.15) is 6.61 Å². The summed E-state index contributed by atoms with van der Waals surface area (Å²) in [6, 6.07) is 54.0. The van der Waals surface area contributed by atoms with Crippen LogP contribution in [0.3, 0.4) is 0 Å². The highest BCUT2D eigenvalue weighted by Gasteiger charge is 2.48. The Kier molecular flexibility index (Phi) is 19.5. The standard InChI is InChI=1S/C32H37N3O3.C23H28N2O2.C9H9NO/c1-4-5-20-32(2,3)28-23-29(36)35(31(28)38)27-18-16-26(17-19-27)34(25-14-10-7-11-15-25)22-21-33-30(37)24-12-8-6-9-13-24;1-4-5-15-23(2,3)20-16-21(26)25(22(20)27)19-13-11-18(12-14-19)24-17-9-7-6-8-10-17;1-2-4-8(5-3-1)9-10-6-7-11-9/h6-19,28H,4-5,20-23H2,1-3H3,(H,33,37);6-14,20,24H,4-5,15-16H2,1-3H3;1-5H,6-7H2. The SMILES string of the molecule is CCCCC(C)(C)C1CC(=O)N(c2ccc(N(CCNC(=O)c3ccccc3)c3ccccc3)cc2)C1=O.CCCCC(C)(C)C1CC(=O)N(c2ccc(Nc3ccccc3)cc2)C1=O.c1ccc(C2=NCCO2)cc1. The van der Waals surface area contributed by atoms with Gasteiger partial charge in [0, 0.05) is 59.8 Å². The minimum absolute atomic E-state index is 0.0649. The summed E-state index contributed by atoms with van der Waals surface area (Å²) in [7, 11) is 0. The monoisotopic (exact) mass is 1020 g/mol. The number of carbonyl (C=O) groups excluding carboxylic acids is 5. The first-order valence-electron chi connectivity index (χ1n) is 26.8. The highest BCUT2D eigenvalue weighted by atomic mass is 16.5. The quantitative estimate of drug-likeness (QED) is 0.0764. The molecule has 2 unspecified atom stereocenters. The van der Waals surface area contributed by atoms with Gasteiger partial charge in [-0.2, -0.15) is 0 Å². The van der Waals surface area contributed by atoms with Crippen molar-refractivity contribution in [2.75, 3.05) is 46.3 Å². The van der Waals surface area contributed by atoms with E-state index in [4.69, 9.17) is 4.74 Å². The van der Waals surface area contributed by atoms with Gasteiger partial charge in [0.15, 0.2) is 0 Å². The van der Waals surface area contributed by atoms with E-state index in [0.717, 1.165) is 85.9 Å². The second-order valence-electron chi connectivity index (χ2n) is 20.9. The number of carbonyl (C=O) groups is 5. The predicted molar refractivity (Wildman–Crippen MR) is 306 cm³/mol. The van der Waals surface area contributed by atoms with Gasteiger partial charge in [0.2, 0.25) is 29.5 Å². The van der Waals surface area contributed by atoms with E-state index in [2.05, 4.69) is 62.1 Å². The molecule has 3 aliphatic heterocycles. The van der Waals surface area contributed by atoms with Crippen LogP contribution in [0.25, 0.3) is 0 Å². The fourth-order valence-electron chi connectivity index (χ4n) is 9.88. The maximum Gasteiger partial charge on any atom is 0.251 e. The third kappa shape index (κ3) is 14.5. The van der Waals surface area contributed by atoms with E-state index >= 15 is 0 Å². The first-order chi connectivity index (χ1) is 36.7. The smallest absolute Gasteiger partial charge is 0.251 e. The molecule has 396 valence electrons. The minimum atomic E-state index is -0.296. The molecule has 12 nitrogen and oxygen atoms in total. The van der Waals surface area contributed by atoms with Crippen molar-refractivity contribution in [1.29, 1.82) is 0 Å². The van der Waals surface area contributed by atoms with Gasteiger partial charge in [0.25, 0.3) is 5.91 Å². The molecule has 9 rings (SSSR count). The lowest BCUT2D eigenvalue weighted by Crippen LogP contribution is -2.35. The Morgan fingerprint density at radius 2 is 1.04 bits per heavy atom. The molecular weight excluding hydrogens is 949 g/mol. The molecule has 6 aromatic rings. The Labute approximate surface area is 449 Å². The number of anilines is 6. The molecule has 0 aromatic heterocycles. The second kappa shape index (κ2) is 26.6. The molecule has 0 bridgehead atoms. The molecule has 0 radical (unpaired) electrons. The van der Waals surface area contributed by atoms with Crippen LogP contribution in [-0.2, 0) is 23.9 Å². The summed E-state index contributed by atoms with van der Waals surface area (Å²) in [6.45, 7) is 15.2. The topological polar surface area (TPSA) is 141 Å². The van der Waals surface area contributed by atoms with Crippen molar-refractivity contribution < 1.29 is 28.7 Å². The van der Waals surface area contributed by atoms with E-state index in [9.17, 15) is 24.0 Å². The lowest BCUT2D eigenvalue weighted by atomic mass is 9.74. The molecule has 0 saturated carbocycles. The first-order valence-corrected chi connectivity index (χ1v) is 26.8. The number of ether oxygens (including phenoxy) is 1. The van der Waals surface area contributed by atoms with Crippen LogP contribution in [0.1, 0.15) is 109 Å². The summed E-state index contributed by atoms with van der Waals surface area (Å²) in [4.78, 5) is 73.4. The number of rotatable bonds is 19. The molecule has 2 fully saturated rings. The molecule has 12 heteroatoms. The third-order valence-corrected chi connectivity index (χ3v) is 14.5. The number of unbranched alkanes of at least 4 members (excludes halogenated alkanes) is 2. The molecule has 6 aromatic carbocycles. The summed E-state index contributed by atoms with van der Waals surface area (Å²) in [5, 5.41) is 6.30. The van der Waals surface area contributed by atoms with Crippen LogP contribution in [0.5, 0.6) is 0 Å². The maximum atomic E-state index is 13.3. The molecular formula is C64H74N6O6. The van der Waals surface area contributed by atoms with Crippen LogP contribution >= 0.6 is 0 Å². The van der Waals surface area contributed by atoms with Gasteiger partial charge in [-0.1, -0.05) is 140 Å². The van der Waals surface area contributed by atoms with E-state index in [1.807, 2.05) is 158 Å². The van der Waals surface area contributed by atoms with E-state index in [1.165, 1.54) is 9.80 Å². The largest absolute Gasteiger partial charge is 0.476 e. The lowest BCUT2D eigenvalue weighted by Gasteiger charge is -2.30. The number of hydrogen-bond donors (Lipinski definition) is 2. The predicted octanol–water partition coefficient (Wildman–Crippen LogP) is 13.3. The second-order valence-corrected chi connectivity index (χ2v) is 20.9. The van der Waals surface area contributed by atoms with Crippen molar-refractivity contribution >= 4 is 69.6 Å². The molecule has 0 spiro atoms. The summed E-state index contributed by atoms with van der Waals surface area (Å²) in [5.41, 5.74) is 6.38. The number of amides is 5. The van der Waals surface area contributed by atoms with E-state index in [1.54, 1.807) is 12.1 Å². The number of benzene rings is 6. The van der Waals surface area contributed by atoms with E-state index in [0.29, 0.717) is 36.4 Å². The van der Waals surface area contributed by atoms with Gasteiger partial charge >= 0.3 is 0 Å². The molecule has 2 N–H and O–H groups in total. The summed E-state index contributed by atoms with van der Waals surface area (Å²) >= 11 is 0. The molecule has 5 amide bonds. The summed E-state index contributed by atoms with van der Waals surface area (Å²) in [6.07, 6.45) is 6.72. The fourth-order valence-corrected chi connectivity index (χ4v) is 9.88. The van der Waals surface area contributed by atoms with Crippen molar-refractivity contribution in [3.05, 3.63) is 181 Å². The number of nitrogens with one attached hydrogen (secondary N) is 2. The third-order valence-electron chi connectivity index (χ3n) is 14.5. The van der Waals surface area contributed by atoms with Crippen molar-refractivity contribution in [1.82, 2.24) is 5.32 Å². The van der Waals surface area contributed by atoms with Gasteiger partial charge in [0.05, 0.1) is 29.8 Å². The Morgan fingerprint density at radius 3 is 1.53 bits per heavy atom. The van der Waals surface area contributed by atoms with E-state index < -0.39 is 0 Å². The highest BCUT2D eigenvalue weighted by molar-refractivity contribution is 6.22. The van der Waals surface area contributed by atoms with Gasteiger partial charge in [-0.15, -0.1) is 0 Å². The molecule has 3 heterocycles. The van der Waals surface area contributed by atoms with Crippen molar-refractivity contribution in [3.8, 4) is 0 Å². The number of hydrogen-bond acceptors (Lipinski definition) is 9. The number of aliphatic imine (C=N–C) groups is 1. The van der Waals surface area contributed by atoms with Gasteiger partial charge in [-0.3, -0.25) is 33.8 Å². The van der Waals surface area contributed by atoms with Crippen LogP contribution in [0.2, 0.25) is 0 Å². The minimum Gasteiger partial charge on any atom is -0.476 e. The number of imide groups is 2. The summed E-state index contributed by atoms with van der Waals surface area (Å²) < 4.78 is 5.29. The average Bonchev–Trinajstić information content (AvgIpc) is 4.23. The Bertz CT molecular complexity index is 2870. The van der Waals surface area contributed by atoms with Crippen molar-refractivity contribution in [2.45, 2.75) is 92.9 Å². The maximum absolute atomic E-state index is 13.3. The van der Waals surface area contributed by atoms with Crippen LogP contribution in [0.4, 0.5) is 34.1 Å². The number of para-hydroxylation sites is 2.